The Kier molecular flexibility index (Phi) is 4.39. The summed E-state index contributed by atoms with van der Waals surface area (Å²) in [5.74, 6) is 0.528. The van der Waals surface area contributed by atoms with Gasteiger partial charge in [-0.3, -0.25) is 9.69 Å². The number of carbonyl (C=O) groups is 1. The second-order valence-corrected chi connectivity index (χ2v) is 7.56. The van der Waals surface area contributed by atoms with E-state index in [1.165, 1.54) is 0 Å². The third-order valence-electron chi connectivity index (χ3n) is 6.73. The van der Waals surface area contributed by atoms with E-state index < -0.39 is 17.1 Å². The molecule has 2 aliphatic carbocycles. The number of nitrogens with zero attached hydrogens (tertiary/aromatic N) is 1. The van der Waals surface area contributed by atoms with Gasteiger partial charge in [-0.15, -0.1) is 6.58 Å². The number of phenols is 1. The van der Waals surface area contributed by atoms with Gasteiger partial charge in [0.25, 0.3) is 0 Å². The summed E-state index contributed by atoms with van der Waals surface area (Å²) in [6.45, 7) is 5.36. The summed E-state index contributed by atoms with van der Waals surface area (Å²) < 4.78 is 5.98. The number of hydrogen-bond donors (Lipinski definition) is 2. The number of ether oxygens (including phenoxy) is 1. The average molecular weight is 381 g/mol. The summed E-state index contributed by atoms with van der Waals surface area (Å²) in [4.78, 5) is 14.9. The summed E-state index contributed by atoms with van der Waals surface area (Å²) >= 11 is 0. The Morgan fingerprint density at radius 1 is 1.38 bits per heavy atom. The van der Waals surface area contributed by atoms with Gasteiger partial charge in [0.15, 0.2) is 23.4 Å². The zero-order chi connectivity index (χ0) is 16.7. The van der Waals surface area contributed by atoms with E-state index in [1.54, 1.807) is 6.07 Å². The third kappa shape index (κ3) is 1.90. The van der Waals surface area contributed by atoms with Crippen LogP contribution >= 0.6 is 0 Å². The molecule has 1 spiro atoms. The van der Waals surface area contributed by atoms with E-state index in [2.05, 4.69) is 11.5 Å². The Hall–Kier alpha value is -1.60. The minimum Gasteiger partial charge on any atom is -1.00 e. The van der Waals surface area contributed by atoms with Crippen molar-refractivity contribution in [3.05, 3.63) is 35.9 Å². The molecule has 2 aliphatic heterocycles. The Morgan fingerprint density at radius 3 is 2.88 bits per heavy atom. The molecule has 6 nitrogen and oxygen atoms in total. The monoisotopic (exact) mass is 380 g/mol. The molecule has 5 rings (SSSR count). The normalized spacial score (nSPS) is 36.3. The van der Waals surface area contributed by atoms with Crippen molar-refractivity contribution in [2.24, 2.45) is 0 Å². The second kappa shape index (κ2) is 5.96. The number of aliphatic hydroxyl groups is 1. The van der Waals surface area contributed by atoms with Gasteiger partial charge in [-0.25, -0.2) is 0 Å². The predicted octanol–water partition coefficient (Wildman–Crippen LogP) is -2.52. The van der Waals surface area contributed by atoms with Crippen LogP contribution in [0, 0.1) is 0 Å². The van der Waals surface area contributed by atoms with Gasteiger partial charge in [0.1, 0.15) is 0 Å². The number of ketones is 1. The summed E-state index contributed by atoms with van der Waals surface area (Å²) in [6.07, 6.45) is 3.35. The molecule has 0 aromatic heterocycles. The molecule has 4 N–H and O–H groups in total. The maximum absolute atomic E-state index is 12.6. The summed E-state index contributed by atoms with van der Waals surface area (Å²) in [6, 6.07) is 3.52. The van der Waals surface area contributed by atoms with Crippen molar-refractivity contribution in [3.8, 4) is 11.5 Å². The quantitative estimate of drug-likeness (QED) is 0.551. The lowest BCUT2D eigenvalue weighted by molar-refractivity contribution is -0.187. The average Bonchev–Trinajstić information content (AvgIpc) is 2.91. The molecule has 4 aliphatic rings. The highest BCUT2D eigenvalue weighted by molar-refractivity contribution is 5.90. The van der Waals surface area contributed by atoms with E-state index in [0.29, 0.717) is 31.4 Å². The first-order chi connectivity index (χ1) is 11.5. The highest BCUT2D eigenvalue weighted by atomic mass is 35.5. The van der Waals surface area contributed by atoms with Crippen molar-refractivity contribution in [3.63, 3.8) is 0 Å². The number of hydrogen-bond acceptors (Lipinski definition) is 5. The first-order valence-electron chi connectivity index (χ1n) is 8.65. The van der Waals surface area contributed by atoms with Gasteiger partial charge < -0.3 is 32.8 Å². The standard InChI is InChI=1S/C19H21NO4.ClH.H2O/c1-2-8-20-9-7-18-15-11-3-4-12(21)16(15)24-17(18)13(22)5-6-19(18,23)14(20)10-11;;/h2-4,14,17,21,23H,1,5-10H2;1H;1H2/p-1/t14-,17+,18+,19-;;/m1../s1. The van der Waals surface area contributed by atoms with Gasteiger partial charge in [-0.2, -0.15) is 0 Å². The molecule has 1 saturated carbocycles. The minimum atomic E-state index is -1.00. The van der Waals surface area contributed by atoms with Crippen LogP contribution in [0.15, 0.2) is 24.8 Å². The minimum absolute atomic E-state index is 0. The summed E-state index contributed by atoms with van der Waals surface area (Å²) in [5, 5.41) is 22.1. The molecule has 7 heteroatoms. The molecule has 0 amide bonds. The SMILES string of the molecule is C=CCN1CC[C@]23c4c5ccc(O)c4O[C@H]2C(=O)CC[C@@]3(O)[C@H]1C5.O.[Cl-]. The van der Waals surface area contributed by atoms with Crippen LogP contribution in [0.1, 0.15) is 30.4 Å². The van der Waals surface area contributed by atoms with Gasteiger partial charge in [-0.1, -0.05) is 12.1 Å². The number of carbonyl (C=O) groups excluding carboxylic acids is 1. The zero-order valence-corrected chi connectivity index (χ0v) is 15.1. The topological polar surface area (TPSA) is 102 Å². The second-order valence-electron chi connectivity index (χ2n) is 7.56. The molecule has 4 atom stereocenters. The van der Waals surface area contributed by atoms with Crippen molar-refractivity contribution in [1.29, 1.82) is 0 Å². The first-order valence-corrected chi connectivity index (χ1v) is 8.65. The summed E-state index contributed by atoms with van der Waals surface area (Å²) in [5.41, 5.74) is 0.256. The van der Waals surface area contributed by atoms with Crippen molar-refractivity contribution in [1.82, 2.24) is 4.90 Å². The van der Waals surface area contributed by atoms with Crippen LogP contribution in [0.2, 0.25) is 0 Å². The number of Topliss-reactive ketones (excluding diaryl/α,β-unsaturated/α-hetero) is 1. The fraction of sp³-hybridized carbons (Fsp3) is 0.526. The van der Waals surface area contributed by atoms with Gasteiger partial charge >= 0.3 is 0 Å². The molecule has 26 heavy (non-hydrogen) atoms. The predicted molar refractivity (Wildman–Crippen MR) is 90.9 cm³/mol. The van der Waals surface area contributed by atoms with E-state index in [1.807, 2.05) is 12.1 Å². The number of halogens is 1. The van der Waals surface area contributed by atoms with Crippen LogP contribution in [0.25, 0.3) is 0 Å². The molecule has 1 aromatic carbocycles. The Labute approximate surface area is 158 Å². The maximum atomic E-state index is 12.6. The van der Waals surface area contributed by atoms with Crippen LogP contribution < -0.4 is 17.1 Å². The molecule has 1 saturated heterocycles. The largest absolute Gasteiger partial charge is 1.00 e. The van der Waals surface area contributed by atoms with Crippen molar-refractivity contribution >= 4 is 5.78 Å². The molecular formula is C19H23ClNO5-. The Morgan fingerprint density at radius 2 is 2.15 bits per heavy atom. The van der Waals surface area contributed by atoms with Crippen LogP contribution in [0.5, 0.6) is 11.5 Å². The molecule has 1 aromatic rings. The zero-order valence-electron chi connectivity index (χ0n) is 14.4. The van der Waals surface area contributed by atoms with E-state index in [9.17, 15) is 15.0 Å². The van der Waals surface area contributed by atoms with Gasteiger partial charge in [0, 0.05) is 31.1 Å². The Balaban J connectivity index is 0.000000980. The van der Waals surface area contributed by atoms with Crippen LogP contribution in [0.3, 0.4) is 0 Å². The fourth-order valence-electron chi connectivity index (χ4n) is 5.80. The lowest BCUT2D eigenvalue weighted by atomic mass is 9.49. The molecular weight excluding hydrogens is 358 g/mol. The number of benzene rings is 1. The smallest absolute Gasteiger partial charge is 0.174 e. The molecule has 2 heterocycles. The van der Waals surface area contributed by atoms with Gasteiger partial charge in [0.2, 0.25) is 0 Å². The molecule has 142 valence electrons. The van der Waals surface area contributed by atoms with E-state index in [4.69, 9.17) is 4.74 Å². The van der Waals surface area contributed by atoms with Crippen molar-refractivity contribution in [2.45, 2.75) is 48.8 Å². The lowest BCUT2D eigenvalue weighted by Crippen LogP contribution is -3.00. The third-order valence-corrected chi connectivity index (χ3v) is 6.73. The lowest BCUT2D eigenvalue weighted by Gasteiger charge is -2.62. The van der Waals surface area contributed by atoms with E-state index in [-0.39, 0.29) is 35.5 Å². The molecule has 0 radical (unpaired) electrons. The summed E-state index contributed by atoms with van der Waals surface area (Å²) in [7, 11) is 0. The van der Waals surface area contributed by atoms with Gasteiger partial charge in [0.05, 0.1) is 11.0 Å². The van der Waals surface area contributed by atoms with Crippen molar-refractivity contribution < 1.29 is 37.6 Å². The first kappa shape index (κ1) is 19.2. The molecule has 0 unspecified atom stereocenters. The number of rotatable bonds is 2. The number of likely N-dealkylation sites (tertiary alicyclic amines) is 1. The van der Waals surface area contributed by atoms with Crippen LogP contribution in [-0.4, -0.2) is 57.2 Å². The number of aromatic hydroxyl groups is 1. The van der Waals surface area contributed by atoms with E-state index >= 15 is 0 Å². The van der Waals surface area contributed by atoms with Gasteiger partial charge in [-0.05, 0) is 30.9 Å². The van der Waals surface area contributed by atoms with Crippen LogP contribution in [-0.2, 0) is 16.6 Å². The number of phenolic OH excluding ortho intramolecular Hbond substituents is 1. The number of piperidine rings is 1. The van der Waals surface area contributed by atoms with E-state index in [0.717, 1.165) is 24.2 Å². The maximum Gasteiger partial charge on any atom is 0.174 e. The van der Waals surface area contributed by atoms with Crippen molar-refractivity contribution in [2.75, 3.05) is 13.1 Å². The Bertz CT molecular complexity index is 783. The fourth-order valence-corrected chi connectivity index (χ4v) is 5.80. The highest BCUT2D eigenvalue weighted by Gasteiger charge is 2.72. The molecule has 2 bridgehead atoms. The highest BCUT2D eigenvalue weighted by Crippen LogP contribution is 2.64. The van der Waals surface area contributed by atoms with Crippen LogP contribution in [0.4, 0.5) is 0 Å². The molecule has 2 fully saturated rings.